The average Bonchev–Trinajstić information content (AvgIpc) is 3.76. The zero-order valence-corrected chi connectivity index (χ0v) is 26.7. The van der Waals surface area contributed by atoms with Gasteiger partial charge < -0.3 is 8.83 Å². The van der Waals surface area contributed by atoms with Gasteiger partial charge in [0.2, 0.25) is 0 Å². The Bertz CT molecular complexity index is 2810. The molecule has 7 aromatic carbocycles. The Labute approximate surface area is 287 Å². The van der Waals surface area contributed by atoms with Crippen molar-refractivity contribution in [1.82, 2.24) is 15.0 Å². The largest absolute Gasteiger partial charge is 0.456 e. The average molecular weight is 642 g/mol. The monoisotopic (exact) mass is 641 g/mol. The van der Waals surface area contributed by atoms with Crippen LogP contribution in [0.4, 0.5) is 0 Å². The van der Waals surface area contributed by atoms with Gasteiger partial charge in [0.1, 0.15) is 22.3 Å². The minimum absolute atomic E-state index is 0.587. The second kappa shape index (κ2) is 11.4. The van der Waals surface area contributed by atoms with Gasteiger partial charge in [0.05, 0.1) is 0 Å². The normalized spacial score (nSPS) is 11.6. The summed E-state index contributed by atoms with van der Waals surface area (Å²) in [4.78, 5) is 15.3. The van der Waals surface area contributed by atoms with Gasteiger partial charge in [0.15, 0.2) is 17.5 Å². The molecule has 0 atom stereocenters. The Kier molecular flexibility index (Phi) is 6.42. The fraction of sp³-hybridized carbons (Fsp3) is 0. The smallest absolute Gasteiger partial charge is 0.164 e. The van der Waals surface area contributed by atoms with Gasteiger partial charge in [-0.1, -0.05) is 127 Å². The molecule has 0 unspecified atom stereocenters. The molecule has 0 saturated carbocycles. The minimum Gasteiger partial charge on any atom is -0.456 e. The van der Waals surface area contributed by atoms with Crippen LogP contribution in [-0.4, -0.2) is 15.0 Å². The topological polar surface area (TPSA) is 65.0 Å². The van der Waals surface area contributed by atoms with Gasteiger partial charge in [-0.2, -0.15) is 0 Å². The highest BCUT2D eigenvalue weighted by Crippen LogP contribution is 2.41. The van der Waals surface area contributed by atoms with Crippen molar-refractivity contribution in [2.24, 2.45) is 0 Å². The Morgan fingerprint density at radius 2 is 0.840 bits per heavy atom. The summed E-state index contributed by atoms with van der Waals surface area (Å²) in [6.07, 6.45) is 0. The molecule has 234 valence electrons. The first kappa shape index (κ1) is 28.2. The molecule has 0 spiro atoms. The van der Waals surface area contributed by atoms with E-state index in [0.29, 0.717) is 17.5 Å². The molecule has 10 rings (SSSR count). The van der Waals surface area contributed by atoms with Crippen LogP contribution in [0.5, 0.6) is 0 Å². The van der Waals surface area contributed by atoms with Crippen LogP contribution in [0, 0.1) is 0 Å². The molecule has 0 saturated heterocycles. The van der Waals surface area contributed by atoms with Crippen molar-refractivity contribution >= 4 is 43.9 Å². The van der Waals surface area contributed by atoms with Crippen molar-refractivity contribution in [2.75, 3.05) is 0 Å². The van der Waals surface area contributed by atoms with Gasteiger partial charge >= 0.3 is 0 Å². The van der Waals surface area contributed by atoms with Gasteiger partial charge in [-0.25, -0.2) is 15.0 Å². The van der Waals surface area contributed by atoms with Crippen LogP contribution in [0.15, 0.2) is 173 Å². The summed E-state index contributed by atoms with van der Waals surface area (Å²) in [5.41, 5.74) is 10.3. The number of fused-ring (bicyclic) bond motifs is 6. The van der Waals surface area contributed by atoms with E-state index < -0.39 is 0 Å². The fourth-order valence-electron chi connectivity index (χ4n) is 6.99. The zero-order valence-electron chi connectivity index (χ0n) is 26.7. The van der Waals surface area contributed by atoms with E-state index in [0.717, 1.165) is 82.8 Å². The highest BCUT2D eigenvalue weighted by Gasteiger charge is 2.20. The van der Waals surface area contributed by atoms with Crippen LogP contribution in [0.2, 0.25) is 0 Å². The minimum atomic E-state index is 0.587. The summed E-state index contributed by atoms with van der Waals surface area (Å²) in [7, 11) is 0. The van der Waals surface area contributed by atoms with Gasteiger partial charge in [0, 0.05) is 38.2 Å². The summed E-state index contributed by atoms with van der Waals surface area (Å²) < 4.78 is 12.6. The quantitative estimate of drug-likeness (QED) is 0.187. The van der Waals surface area contributed by atoms with E-state index in [1.165, 1.54) is 0 Å². The second-order valence-corrected chi connectivity index (χ2v) is 12.4. The molecule has 5 nitrogen and oxygen atoms in total. The molecule has 0 N–H and O–H groups in total. The Balaban J connectivity index is 1.25. The molecule has 10 aromatic rings. The van der Waals surface area contributed by atoms with E-state index in [2.05, 4.69) is 60.7 Å². The van der Waals surface area contributed by atoms with Crippen molar-refractivity contribution in [1.29, 1.82) is 0 Å². The van der Waals surface area contributed by atoms with E-state index >= 15 is 0 Å². The molecule has 3 aromatic heterocycles. The third-order valence-corrected chi connectivity index (χ3v) is 9.36. The molecule has 50 heavy (non-hydrogen) atoms. The summed E-state index contributed by atoms with van der Waals surface area (Å²) in [5, 5.41) is 4.34. The lowest BCUT2D eigenvalue weighted by molar-refractivity contribution is 0.668. The molecule has 0 fully saturated rings. The van der Waals surface area contributed by atoms with Gasteiger partial charge in [-0.15, -0.1) is 0 Å². The van der Waals surface area contributed by atoms with E-state index in [-0.39, 0.29) is 0 Å². The number of furan rings is 2. The van der Waals surface area contributed by atoms with Crippen LogP contribution < -0.4 is 0 Å². The highest BCUT2D eigenvalue weighted by molar-refractivity contribution is 6.13. The first-order chi connectivity index (χ1) is 24.8. The van der Waals surface area contributed by atoms with Crippen molar-refractivity contribution in [3.8, 4) is 56.4 Å². The standard InChI is InChI=1S/C45H27N3O2/c1-3-12-28(13-4-1)43-46-44(29-14-5-2-6-15-29)48-45(47-43)37-26-30(33-18-11-21-40-42(33)36-17-8-10-20-39(36)49-40)22-24-32(37)31-23-25-35-34-16-7-9-19-38(34)50-41(35)27-31/h1-27H. The molecule has 0 bridgehead atoms. The number of hydrogen-bond acceptors (Lipinski definition) is 5. The van der Waals surface area contributed by atoms with Gasteiger partial charge in [-0.05, 0) is 58.7 Å². The van der Waals surface area contributed by atoms with Crippen molar-refractivity contribution in [3.63, 3.8) is 0 Å². The number of nitrogens with zero attached hydrogens (tertiary/aromatic N) is 3. The molecule has 0 aliphatic rings. The predicted molar refractivity (Wildman–Crippen MR) is 202 cm³/mol. The van der Waals surface area contributed by atoms with Crippen LogP contribution in [0.25, 0.3) is 100 Å². The Morgan fingerprint density at radius 3 is 1.58 bits per heavy atom. The lowest BCUT2D eigenvalue weighted by atomic mass is 9.92. The molecule has 0 aliphatic carbocycles. The summed E-state index contributed by atoms with van der Waals surface area (Å²) in [5.74, 6) is 1.81. The summed E-state index contributed by atoms with van der Waals surface area (Å²) in [6, 6.07) is 55.7. The molecular weight excluding hydrogens is 615 g/mol. The highest BCUT2D eigenvalue weighted by atomic mass is 16.3. The lowest BCUT2D eigenvalue weighted by Gasteiger charge is -2.14. The molecule has 0 amide bonds. The Morgan fingerprint density at radius 1 is 0.300 bits per heavy atom. The predicted octanol–water partition coefficient (Wildman–Crippen LogP) is 12.0. The van der Waals surface area contributed by atoms with E-state index in [1.54, 1.807) is 0 Å². The van der Waals surface area contributed by atoms with Crippen LogP contribution in [-0.2, 0) is 0 Å². The fourth-order valence-corrected chi connectivity index (χ4v) is 6.99. The maximum atomic E-state index is 6.34. The van der Waals surface area contributed by atoms with Crippen LogP contribution in [0.1, 0.15) is 0 Å². The van der Waals surface area contributed by atoms with Crippen molar-refractivity contribution in [3.05, 3.63) is 164 Å². The number of aromatic nitrogens is 3. The lowest BCUT2D eigenvalue weighted by Crippen LogP contribution is -2.01. The van der Waals surface area contributed by atoms with Crippen molar-refractivity contribution < 1.29 is 8.83 Å². The third-order valence-electron chi connectivity index (χ3n) is 9.36. The van der Waals surface area contributed by atoms with Crippen LogP contribution in [0.3, 0.4) is 0 Å². The van der Waals surface area contributed by atoms with E-state index in [4.69, 9.17) is 23.8 Å². The molecule has 0 radical (unpaired) electrons. The van der Waals surface area contributed by atoms with Crippen molar-refractivity contribution in [2.45, 2.75) is 0 Å². The SMILES string of the molecule is c1ccc(-c2nc(-c3ccccc3)nc(-c3cc(-c4cccc5oc6ccccc6c45)ccc3-c3ccc4c(c3)oc3ccccc34)n2)cc1. The van der Waals surface area contributed by atoms with E-state index in [9.17, 15) is 0 Å². The molecule has 3 heterocycles. The number of hydrogen-bond donors (Lipinski definition) is 0. The number of para-hydroxylation sites is 2. The molecule has 0 aliphatic heterocycles. The van der Waals surface area contributed by atoms with Gasteiger partial charge in [-0.3, -0.25) is 0 Å². The summed E-state index contributed by atoms with van der Waals surface area (Å²) in [6.45, 7) is 0. The Hall–Kier alpha value is -6.85. The second-order valence-electron chi connectivity index (χ2n) is 12.4. The first-order valence-corrected chi connectivity index (χ1v) is 16.6. The maximum absolute atomic E-state index is 6.34. The molecule has 5 heteroatoms. The molecular formula is C45H27N3O2. The van der Waals surface area contributed by atoms with E-state index in [1.807, 2.05) is 103 Å². The van der Waals surface area contributed by atoms with Crippen LogP contribution >= 0.6 is 0 Å². The first-order valence-electron chi connectivity index (χ1n) is 16.6. The van der Waals surface area contributed by atoms with Gasteiger partial charge in [0.25, 0.3) is 0 Å². The number of rotatable bonds is 5. The maximum Gasteiger partial charge on any atom is 0.164 e. The zero-order chi connectivity index (χ0) is 33.0. The number of benzene rings is 7. The summed E-state index contributed by atoms with van der Waals surface area (Å²) >= 11 is 0. The third kappa shape index (κ3) is 4.67.